The summed E-state index contributed by atoms with van der Waals surface area (Å²) in [6.45, 7) is 1.39. The molecule has 8 nitrogen and oxygen atoms in total. The van der Waals surface area contributed by atoms with Gasteiger partial charge in [0.15, 0.2) is 5.78 Å². The molecule has 1 heterocycles. The summed E-state index contributed by atoms with van der Waals surface area (Å²) in [5, 5.41) is 16.4. The zero-order valence-corrected chi connectivity index (χ0v) is 14.3. The van der Waals surface area contributed by atoms with Gasteiger partial charge in [0.05, 0.1) is 16.5 Å². The number of rotatable bonds is 5. The minimum atomic E-state index is -3.95. The van der Waals surface area contributed by atoms with E-state index < -0.39 is 10.0 Å². The number of hydrogen-bond donors (Lipinski definition) is 1. The largest absolute Gasteiger partial charge is 0.403 e. The molecule has 0 spiro atoms. The van der Waals surface area contributed by atoms with Crippen molar-refractivity contribution in [3.8, 4) is 17.5 Å². The Morgan fingerprint density at radius 2 is 1.88 bits per heavy atom. The van der Waals surface area contributed by atoms with Gasteiger partial charge in [-0.15, -0.1) is 5.10 Å². The number of Topliss-reactive ketones (excluding diaryl/α,β-unsaturated/α-hetero) is 1. The van der Waals surface area contributed by atoms with Crippen LogP contribution in [0.2, 0.25) is 0 Å². The molecule has 0 unspecified atom stereocenters. The summed E-state index contributed by atoms with van der Waals surface area (Å²) in [4.78, 5) is 11.2. The molecular weight excluding hydrogens is 356 g/mol. The zero-order valence-electron chi connectivity index (χ0n) is 13.5. The van der Waals surface area contributed by atoms with Crippen LogP contribution in [-0.4, -0.2) is 24.4 Å². The molecule has 3 aromatic rings. The van der Waals surface area contributed by atoms with Gasteiger partial charge in [-0.25, -0.2) is 13.1 Å². The molecule has 9 heteroatoms. The van der Waals surface area contributed by atoms with Gasteiger partial charge in [-0.3, -0.25) is 4.79 Å². The van der Waals surface area contributed by atoms with Crippen LogP contribution in [0, 0.1) is 11.3 Å². The first-order valence-electron chi connectivity index (χ1n) is 7.37. The van der Waals surface area contributed by atoms with Gasteiger partial charge in [-0.05, 0) is 37.3 Å². The lowest BCUT2D eigenvalue weighted by atomic mass is 10.1. The number of nitrogens with zero attached hydrogens (tertiary/aromatic N) is 3. The molecule has 0 aliphatic heterocycles. The van der Waals surface area contributed by atoms with E-state index in [1.54, 1.807) is 24.3 Å². The van der Waals surface area contributed by atoms with Gasteiger partial charge in [0, 0.05) is 11.1 Å². The van der Waals surface area contributed by atoms with Gasteiger partial charge >= 0.3 is 6.01 Å². The third-order valence-corrected chi connectivity index (χ3v) is 4.79. The number of carbonyl (C=O) groups excluding carboxylic acids is 1. The quantitative estimate of drug-likeness (QED) is 0.686. The number of nitriles is 1. The molecular formula is C17H12N4O4S. The van der Waals surface area contributed by atoms with E-state index >= 15 is 0 Å². The van der Waals surface area contributed by atoms with Crippen LogP contribution >= 0.6 is 0 Å². The van der Waals surface area contributed by atoms with Crippen molar-refractivity contribution in [2.75, 3.05) is 4.72 Å². The molecule has 0 saturated carbocycles. The van der Waals surface area contributed by atoms with Crippen molar-refractivity contribution >= 4 is 21.8 Å². The first-order valence-corrected chi connectivity index (χ1v) is 8.85. The first kappa shape index (κ1) is 17.3. The Bertz CT molecular complexity index is 1110. The molecule has 0 aliphatic carbocycles. The van der Waals surface area contributed by atoms with Gasteiger partial charge in [-0.1, -0.05) is 23.3 Å². The topological polar surface area (TPSA) is 126 Å². The van der Waals surface area contributed by atoms with E-state index in [9.17, 15) is 13.2 Å². The summed E-state index contributed by atoms with van der Waals surface area (Å²) in [6.07, 6.45) is 0. The average Bonchev–Trinajstić information content (AvgIpc) is 3.09. The van der Waals surface area contributed by atoms with Gasteiger partial charge < -0.3 is 4.42 Å². The summed E-state index contributed by atoms with van der Waals surface area (Å²) >= 11 is 0. The summed E-state index contributed by atoms with van der Waals surface area (Å²) in [7, 11) is -3.95. The van der Waals surface area contributed by atoms with Gasteiger partial charge in [0.1, 0.15) is 0 Å². The number of carbonyl (C=O) groups is 1. The lowest BCUT2D eigenvalue weighted by Crippen LogP contribution is -2.13. The Hall–Kier alpha value is -3.51. The second-order valence-electron chi connectivity index (χ2n) is 5.29. The molecule has 26 heavy (non-hydrogen) atoms. The molecule has 0 aliphatic rings. The molecule has 0 bridgehead atoms. The minimum Gasteiger partial charge on any atom is -0.403 e. The summed E-state index contributed by atoms with van der Waals surface area (Å²) in [6, 6.07) is 13.6. The number of aromatic nitrogens is 2. The van der Waals surface area contributed by atoms with Crippen LogP contribution in [-0.2, 0) is 10.0 Å². The predicted octanol–water partition coefficient (Wildman–Crippen LogP) is 2.61. The molecule has 0 amide bonds. The highest BCUT2D eigenvalue weighted by atomic mass is 32.2. The summed E-state index contributed by atoms with van der Waals surface area (Å²) in [5.41, 5.74) is 1.31. The molecule has 130 valence electrons. The van der Waals surface area contributed by atoms with Gasteiger partial charge in [0.25, 0.3) is 10.0 Å². The molecule has 0 radical (unpaired) electrons. The summed E-state index contributed by atoms with van der Waals surface area (Å²) < 4.78 is 32.2. The van der Waals surface area contributed by atoms with Crippen LogP contribution in [0.4, 0.5) is 6.01 Å². The van der Waals surface area contributed by atoms with Crippen LogP contribution in [0.3, 0.4) is 0 Å². The van der Waals surface area contributed by atoms with E-state index in [0.29, 0.717) is 16.7 Å². The van der Waals surface area contributed by atoms with Gasteiger partial charge in [0.2, 0.25) is 5.89 Å². The first-order chi connectivity index (χ1) is 12.4. The Kier molecular flexibility index (Phi) is 4.51. The monoisotopic (exact) mass is 368 g/mol. The number of sulfonamides is 1. The van der Waals surface area contributed by atoms with Crippen molar-refractivity contribution in [2.24, 2.45) is 0 Å². The molecule has 0 atom stereocenters. The number of anilines is 1. The van der Waals surface area contributed by atoms with Crippen LogP contribution in [0.25, 0.3) is 11.5 Å². The van der Waals surface area contributed by atoms with E-state index in [4.69, 9.17) is 9.68 Å². The average molecular weight is 368 g/mol. The second-order valence-corrected chi connectivity index (χ2v) is 6.97. The van der Waals surface area contributed by atoms with E-state index in [0.717, 1.165) is 0 Å². The lowest BCUT2D eigenvalue weighted by Gasteiger charge is -2.04. The van der Waals surface area contributed by atoms with Crippen LogP contribution < -0.4 is 4.72 Å². The maximum Gasteiger partial charge on any atom is 0.330 e. The highest BCUT2D eigenvalue weighted by Crippen LogP contribution is 2.22. The minimum absolute atomic E-state index is 0.0475. The molecule has 0 fully saturated rings. The van der Waals surface area contributed by atoms with Crippen LogP contribution in [0.15, 0.2) is 57.8 Å². The molecule has 1 aromatic heterocycles. The fourth-order valence-electron chi connectivity index (χ4n) is 2.15. The molecule has 2 aromatic carbocycles. The zero-order chi connectivity index (χ0) is 18.7. The lowest BCUT2D eigenvalue weighted by molar-refractivity contribution is 0.101. The highest BCUT2D eigenvalue weighted by Gasteiger charge is 2.19. The maximum atomic E-state index is 12.4. The van der Waals surface area contributed by atoms with E-state index in [2.05, 4.69) is 14.9 Å². The fourth-order valence-corrected chi connectivity index (χ4v) is 3.07. The Morgan fingerprint density at radius 1 is 1.15 bits per heavy atom. The Labute approximate surface area is 149 Å². The Balaban J connectivity index is 1.83. The number of hydrogen-bond acceptors (Lipinski definition) is 7. The fraction of sp³-hybridized carbons (Fsp3) is 0.0588. The predicted molar refractivity (Wildman–Crippen MR) is 91.7 cm³/mol. The van der Waals surface area contributed by atoms with Crippen molar-refractivity contribution in [1.82, 2.24) is 10.2 Å². The summed E-state index contributed by atoms with van der Waals surface area (Å²) in [5.74, 6) is -0.0882. The van der Waals surface area contributed by atoms with E-state index in [1.807, 2.05) is 6.07 Å². The number of nitrogens with one attached hydrogen (secondary N) is 1. The van der Waals surface area contributed by atoms with Crippen molar-refractivity contribution in [3.63, 3.8) is 0 Å². The molecule has 0 saturated heterocycles. The smallest absolute Gasteiger partial charge is 0.330 e. The van der Waals surface area contributed by atoms with Crippen molar-refractivity contribution < 1.29 is 17.6 Å². The number of ketones is 1. The van der Waals surface area contributed by atoms with Crippen molar-refractivity contribution in [1.29, 1.82) is 5.26 Å². The second kappa shape index (κ2) is 6.78. The number of benzene rings is 2. The highest BCUT2D eigenvalue weighted by molar-refractivity contribution is 7.92. The standard InChI is InChI=1S/C17H12N4O4S/c1-11(22)13-5-7-15(8-6-13)26(23,24)21-17-20-19-16(25-17)14-4-2-3-12(9-14)10-18/h2-9H,1H3,(H,20,21). The van der Waals surface area contributed by atoms with E-state index in [-0.39, 0.29) is 22.6 Å². The van der Waals surface area contributed by atoms with Crippen LogP contribution in [0.5, 0.6) is 0 Å². The normalized spacial score (nSPS) is 10.9. The van der Waals surface area contributed by atoms with Crippen molar-refractivity contribution in [2.45, 2.75) is 11.8 Å². The van der Waals surface area contributed by atoms with E-state index in [1.165, 1.54) is 31.2 Å². The van der Waals surface area contributed by atoms with Crippen LogP contribution in [0.1, 0.15) is 22.8 Å². The maximum absolute atomic E-state index is 12.4. The Morgan fingerprint density at radius 3 is 2.54 bits per heavy atom. The SMILES string of the molecule is CC(=O)c1ccc(S(=O)(=O)Nc2nnc(-c3cccc(C#N)c3)o2)cc1. The van der Waals surface area contributed by atoms with Crippen molar-refractivity contribution in [3.05, 3.63) is 59.7 Å². The molecule has 3 rings (SSSR count). The molecule has 1 N–H and O–H groups in total. The van der Waals surface area contributed by atoms with Gasteiger partial charge in [-0.2, -0.15) is 5.26 Å². The third kappa shape index (κ3) is 3.60. The third-order valence-electron chi connectivity index (χ3n) is 3.46.